The third-order valence-corrected chi connectivity index (χ3v) is 4.47. The highest BCUT2D eigenvalue weighted by Gasteiger charge is 2.19. The molecule has 1 saturated heterocycles. The predicted octanol–water partition coefficient (Wildman–Crippen LogP) is 2.12. The summed E-state index contributed by atoms with van der Waals surface area (Å²) in [5.74, 6) is 1.28. The summed E-state index contributed by atoms with van der Waals surface area (Å²) in [7, 11) is 3.30. The van der Waals surface area contributed by atoms with Gasteiger partial charge in [0.15, 0.2) is 5.69 Å². The summed E-state index contributed by atoms with van der Waals surface area (Å²) in [6.45, 7) is 4.16. The van der Waals surface area contributed by atoms with Gasteiger partial charge in [0.2, 0.25) is 0 Å². The zero-order valence-electron chi connectivity index (χ0n) is 15.0. The van der Waals surface area contributed by atoms with E-state index in [2.05, 4.69) is 14.8 Å². The van der Waals surface area contributed by atoms with Crippen LogP contribution in [-0.4, -0.2) is 61.4 Å². The first-order chi connectivity index (χ1) is 12.6. The number of ether oxygens (including phenoxy) is 2. The Kier molecular flexibility index (Phi) is 5.58. The van der Waals surface area contributed by atoms with E-state index in [1.807, 2.05) is 24.3 Å². The van der Waals surface area contributed by atoms with Crippen LogP contribution >= 0.6 is 0 Å². The lowest BCUT2D eigenvalue weighted by atomic mass is 10.1. The molecule has 1 aromatic carbocycles. The van der Waals surface area contributed by atoms with E-state index in [1.54, 1.807) is 20.3 Å². The van der Waals surface area contributed by atoms with E-state index in [0.29, 0.717) is 5.82 Å². The molecule has 1 aliphatic rings. The van der Waals surface area contributed by atoms with E-state index in [-0.39, 0.29) is 5.69 Å². The van der Waals surface area contributed by atoms with Gasteiger partial charge in [0, 0.05) is 38.8 Å². The van der Waals surface area contributed by atoms with Crippen molar-refractivity contribution < 1.29 is 19.4 Å². The molecule has 0 aliphatic carbocycles. The minimum atomic E-state index is -1.00. The molecule has 7 nitrogen and oxygen atoms in total. The van der Waals surface area contributed by atoms with Crippen LogP contribution in [-0.2, 0) is 6.54 Å². The van der Waals surface area contributed by atoms with Gasteiger partial charge in [0.05, 0.1) is 14.2 Å². The number of pyridine rings is 1. The van der Waals surface area contributed by atoms with Crippen LogP contribution < -0.4 is 14.4 Å². The first-order valence-corrected chi connectivity index (χ1v) is 8.48. The molecule has 0 unspecified atom stereocenters. The van der Waals surface area contributed by atoms with Crippen molar-refractivity contribution in [3.8, 4) is 11.5 Å². The Morgan fingerprint density at radius 2 is 1.73 bits per heavy atom. The van der Waals surface area contributed by atoms with Crippen molar-refractivity contribution >= 4 is 11.8 Å². The SMILES string of the molecule is COc1cc(CN2CCN(c3cccc(C(=O)O)n3)CC2)cc(OC)c1. The van der Waals surface area contributed by atoms with Crippen LogP contribution in [0.15, 0.2) is 36.4 Å². The average molecular weight is 357 g/mol. The Morgan fingerprint density at radius 3 is 2.31 bits per heavy atom. The monoisotopic (exact) mass is 357 g/mol. The van der Waals surface area contributed by atoms with Gasteiger partial charge >= 0.3 is 5.97 Å². The highest BCUT2D eigenvalue weighted by Crippen LogP contribution is 2.24. The van der Waals surface area contributed by atoms with Gasteiger partial charge in [-0.25, -0.2) is 9.78 Å². The maximum Gasteiger partial charge on any atom is 0.354 e. The minimum Gasteiger partial charge on any atom is -0.497 e. The molecule has 1 aliphatic heterocycles. The molecule has 2 aromatic rings. The number of rotatable bonds is 6. The van der Waals surface area contributed by atoms with Gasteiger partial charge in [-0.1, -0.05) is 6.07 Å². The second kappa shape index (κ2) is 8.05. The van der Waals surface area contributed by atoms with Gasteiger partial charge in [0.1, 0.15) is 17.3 Å². The van der Waals surface area contributed by atoms with Crippen molar-refractivity contribution in [2.75, 3.05) is 45.3 Å². The fraction of sp³-hybridized carbons (Fsp3) is 0.368. The molecule has 3 rings (SSSR count). The van der Waals surface area contributed by atoms with Crippen LogP contribution in [0, 0.1) is 0 Å². The molecule has 26 heavy (non-hydrogen) atoms. The number of anilines is 1. The molecule has 7 heteroatoms. The van der Waals surface area contributed by atoms with Crippen LogP contribution in [0.1, 0.15) is 16.1 Å². The number of aromatic carboxylic acids is 1. The Hall–Kier alpha value is -2.80. The van der Waals surface area contributed by atoms with Crippen LogP contribution in [0.2, 0.25) is 0 Å². The molecular weight excluding hydrogens is 334 g/mol. The van der Waals surface area contributed by atoms with E-state index in [0.717, 1.165) is 49.8 Å². The van der Waals surface area contributed by atoms with Gasteiger partial charge in [-0.3, -0.25) is 4.90 Å². The molecule has 138 valence electrons. The lowest BCUT2D eigenvalue weighted by molar-refractivity contribution is 0.0690. The van der Waals surface area contributed by atoms with Gasteiger partial charge in [0.25, 0.3) is 0 Å². The van der Waals surface area contributed by atoms with E-state index in [9.17, 15) is 4.79 Å². The van der Waals surface area contributed by atoms with E-state index < -0.39 is 5.97 Å². The highest BCUT2D eigenvalue weighted by molar-refractivity contribution is 5.85. The first kappa shape index (κ1) is 18.0. The minimum absolute atomic E-state index is 0.0772. The van der Waals surface area contributed by atoms with Crippen LogP contribution in [0.25, 0.3) is 0 Å². The highest BCUT2D eigenvalue weighted by atomic mass is 16.5. The average Bonchev–Trinajstić information content (AvgIpc) is 2.68. The molecular formula is C19H23N3O4. The summed E-state index contributed by atoms with van der Waals surface area (Å²) >= 11 is 0. The zero-order valence-corrected chi connectivity index (χ0v) is 15.0. The normalized spacial score (nSPS) is 14.9. The second-order valence-corrected chi connectivity index (χ2v) is 6.17. The second-order valence-electron chi connectivity index (χ2n) is 6.17. The smallest absolute Gasteiger partial charge is 0.354 e. The number of carboxylic acids is 1. The van der Waals surface area contributed by atoms with Crippen LogP contribution in [0.4, 0.5) is 5.82 Å². The van der Waals surface area contributed by atoms with Crippen LogP contribution in [0.3, 0.4) is 0 Å². The third kappa shape index (κ3) is 4.23. The molecule has 1 fully saturated rings. The number of methoxy groups -OCH3 is 2. The largest absolute Gasteiger partial charge is 0.497 e. The van der Waals surface area contributed by atoms with Crippen LogP contribution in [0.5, 0.6) is 11.5 Å². The number of aromatic nitrogens is 1. The fourth-order valence-electron chi connectivity index (χ4n) is 3.07. The molecule has 1 aromatic heterocycles. The fourth-order valence-corrected chi connectivity index (χ4v) is 3.07. The van der Waals surface area contributed by atoms with Gasteiger partial charge in [-0.2, -0.15) is 0 Å². The van der Waals surface area contributed by atoms with E-state index >= 15 is 0 Å². The summed E-state index contributed by atoms with van der Waals surface area (Å²) < 4.78 is 10.7. The lowest BCUT2D eigenvalue weighted by Gasteiger charge is -2.35. The molecule has 2 heterocycles. The molecule has 0 bridgehead atoms. The number of carboxylic acid groups (broad SMARTS) is 1. The molecule has 0 amide bonds. The quantitative estimate of drug-likeness (QED) is 0.849. The molecule has 1 N–H and O–H groups in total. The summed E-state index contributed by atoms with van der Waals surface area (Å²) in [5, 5.41) is 9.09. The number of piperazine rings is 1. The van der Waals surface area contributed by atoms with E-state index in [1.165, 1.54) is 6.07 Å². The Labute approximate surface area is 152 Å². The van der Waals surface area contributed by atoms with Gasteiger partial charge in [-0.15, -0.1) is 0 Å². The Morgan fingerprint density at radius 1 is 1.08 bits per heavy atom. The number of hydrogen-bond acceptors (Lipinski definition) is 6. The topological polar surface area (TPSA) is 75.1 Å². The molecule has 0 saturated carbocycles. The Balaban J connectivity index is 1.62. The van der Waals surface area contributed by atoms with Crippen molar-refractivity contribution in [2.24, 2.45) is 0 Å². The molecule has 0 radical (unpaired) electrons. The summed E-state index contributed by atoms with van der Waals surface area (Å²) in [4.78, 5) is 19.8. The van der Waals surface area contributed by atoms with Crippen molar-refractivity contribution in [3.63, 3.8) is 0 Å². The Bertz CT molecular complexity index is 751. The predicted molar refractivity (Wildman–Crippen MR) is 98.2 cm³/mol. The first-order valence-electron chi connectivity index (χ1n) is 8.48. The summed E-state index contributed by atoms with van der Waals surface area (Å²) in [6.07, 6.45) is 0. The van der Waals surface area contributed by atoms with Crippen molar-refractivity contribution in [1.29, 1.82) is 0 Å². The third-order valence-electron chi connectivity index (χ3n) is 4.47. The van der Waals surface area contributed by atoms with Crippen molar-refractivity contribution in [1.82, 2.24) is 9.88 Å². The summed E-state index contributed by atoms with van der Waals surface area (Å²) in [6, 6.07) is 11.0. The number of hydrogen-bond donors (Lipinski definition) is 1. The lowest BCUT2D eigenvalue weighted by Crippen LogP contribution is -2.46. The number of benzene rings is 1. The van der Waals surface area contributed by atoms with E-state index in [4.69, 9.17) is 14.6 Å². The zero-order chi connectivity index (χ0) is 18.5. The van der Waals surface area contributed by atoms with Crippen molar-refractivity contribution in [2.45, 2.75) is 6.54 Å². The van der Waals surface area contributed by atoms with Crippen molar-refractivity contribution in [3.05, 3.63) is 47.7 Å². The van der Waals surface area contributed by atoms with Gasteiger partial charge < -0.3 is 19.5 Å². The number of carbonyl (C=O) groups is 1. The standard InChI is InChI=1S/C19H23N3O4/c1-25-15-10-14(11-16(12-15)26-2)13-21-6-8-22(9-7-21)18-5-3-4-17(20-18)19(23)24/h3-5,10-12H,6-9,13H2,1-2H3,(H,23,24). The maximum absolute atomic E-state index is 11.1. The summed E-state index contributed by atoms with van der Waals surface area (Å²) in [5.41, 5.74) is 1.22. The van der Waals surface area contributed by atoms with Gasteiger partial charge in [-0.05, 0) is 29.8 Å². The molecule has 0 spiro atoms. The maximum atomic E-state index is 11.1. The molecule has 0 atom stereocenters. The number of nitrogens with zero attached hydrogens (tertiary/aromatic N) is 3.